The molecule has 4 rings (SSSR count). The highest BCUT2D eigenvalue weighted by Crippen LogP contribution is 2.26. The molecule has 21 heavy (non-hydrogen) atoms. The van der Waals surface area contributed by atoms with Crippen LogP contribution in [-0.2, 0) is 0 Å². The second-order valence-electron chi connectivity index (χ2n) is 4.55. The van der Waals surface area contributed by atoms with Crippen molar-refractivity contribution >= 4 is 33.7 Å². The lowest BCUT2D eigenvalue weighted by Crippen LogP contribution is -1.88. The molecule has 0 atom stereocenters. The normalized spacial score (nSPS) is 11.1. The van der Waals surface area contributed by atoms with Crippen LogP contribution in [0.2, 0.25) is 0 Å². The number of hydrogen-bond donors (Lipinski definition) is 0. The average molecular weight is 388 g/mol. The summed E-state index contributed by atoms with van der Waals surface area (Å²) in [5.74, 6) is 0.629. The number of halogens is 1. The number of nitrogens with zero attached hydrogens (tertiary/aromatic N) is 4. The zero-order valence-corrected chi connectivity index (χ0v) is 12.9. The standard InChI is InChI=1S/C15H9IN4O/c16-11-3-1-2-10(6-11)15-19-13-7-12(4-5-14(13)21-15)20-8-17-18-9-20/h1-9H. The predicted octanol–water partition coefficient (Wildman–Crippen LogP) is 3.68. The summed E-state index contributed by atoms with van der Waals surface area (Å²) in [7, 11) is 0. The van der Waals surface area contributed by atoms with E-state index in [1.807, 2.05) is 47.0 Å². The number of fused-ring (bicyclic) bond motifs is 1. The predicted molar refractivity (Wildman–Crippen MR) is 87.1 cm³/mol. The van der Waals surface area contributed by atoms with Crippen molar-refractivity contribution in [1.29, 1.82) is 0 Å². The largest absolute Gasteiger partial charge is 0.436 e. The second kappa shape index (κ2) is 4.96. The van der Waals surface area contributed by atoms with Crippen molar-refractivity contribution in [3.63, 3.8) is 0 Å². The fourth-order valence-electron chi connectivity index (χ4n) is 2.16. The van der Waals surface area contributed by atoms with Crippen molar-refractivity contribution in [3.05, 3.63) is 58.7 Å². The van der Waals surface area contributed by atoms with Crippen LogP contribution in [-0.4, -0.2) is 19.7 Å². The fraction of sp³-hybridized carbons (Fsp3) is 0. The summed E-state index contributed by atoms with van der Waals surface area (Å²) in [6.07, 6.45) is 3.31. The minimum absolute atomic E-state index is 0.629. The summed E-state index contributed by atoms with van der Waals surface area (Å²) in [5, 5.41) is 7.62. The van der Waals surface area contributed by atoms with Crippen LogP contribution in [0.25, 0.3) is 28.2 Å². The molecule has 2 heterocycles. The van der Waals surface area contributed by atoms with E-state index in [9.17, 15) is 0 Å². The Morgan fingerprint density at radius 3 is 2.67 bits per heavy atom. The van der Waals surface area contributed by atoms with Gasteiger partial charge in [0.05, 0.1) is 5.69 Å². The third kappa shape index (κ3) is 2.31. The molecular weight excluding hydrogens is 379 g/mol. The zero-order valence-electron chi connectivity index (χ0n) is 10.8. The van der Waals surface area contributed by atoms with Crippen LogP contribution in [0.3, 0.4) is 0 Å². The highest BCUT2D eigenvalue weighted by Gasteiger charge is 2.09. The van der Waals surface area contributed by atoms with Gasteiger partial charge in [-0.25, -0.2) is 4.98 Å². The molecule has 0 aliphatic heterocycles. The summed E-state index contributed by atoms with van der Waals surface area (Å²) >= 11 is 2.28. The Bertz CT molecular complexity index is 914. The van der Waals surface area contributed by atoms with Crippen molar-refractivity contribution in [2.75, 3.05) is 0 Å². The van der Waals surface area contributed by atoms with Crippen LogP contribution in [0.15, 0.2) is 59.5 Å². The molecule has 0 N–H and O–H groups in total. The molecule has 2 aromatic heterocycles. The topological polar surface area (TPSA) is 56.7 Å². The maximum atomic E-state index is 5.83. The van der Waals surface area contributed by atoms with E-state index < -0.39 is 0 Å². The van der Waals surface area contributed by atoms with Gasteiger partial charge in [0.1, 0.15) is 18.2 Å². The number of hydrogen-bond acceptors (Lipinski definition) is 4. The lowest BCUT2D eigenvalue weighted by Gasteiger charge is -1.98. The molecule has 0 saturated heterocycles. The lowest BCUT2D eigenvalue weighted by molar-refractivity contribution is 0.620. The number of oxazole rings is 1. The minimum Gasteiger partial charge on any atom is -0.436 e. The molecule has 0 amide bonds. The minimum atomic E-state index is 0.629. The SMILES string of the molecule is Ic1cccc(-c2nc3cc(-n4cnnc4)ccc3o2)c1. The van der Waals surface area contributed by atoms with E-state index in [2.05, 4.69) is 37.8 Å². The van der Waals surface area contributed by atoms with Crippen LogP contribution < -0.4 is 0 Å². The molecule has 0 aliphatic rings. The number of benzene rings is 2. The van der Waals surface area contributed by atoms with E-state index in [-0.39, 0.29) is 0 Å². The third-order valence-electron chi connectivity index (χ3n) is 3.16. The van der Waals surface area contributed by atoms with Crippen LogP contribution in [0.4, 0.5) is 0 Å². The van der Waals surface area contributed by atoms with Crippen LogP contribution in [0, 0.1) is 3.57 Å². The Morgan fingerprint density at radius 1 is 1.00 bits per heavy atom. The van der Waals surface area contributed by atoms with Gasteiger partial charge >= 0.3 is 0 Å². The van der Waals surface area contributed by atoms with Gasteiger partial charge in [0.15, 0.2) is 5.58 Å². The van der Waals surface area contributed by atoms with Gasteiger partial charge < -0.3 is 4.42 Å². The monoisotopic (exact) mass is 388 g/mol. The second-order valence-corrected chi connectivity index (χ2v) is 5.80. The van der Waals surface area contributed by atoms with Gasteiger partial charge in [0, 0.05) is 9.13 Å². The van der Waals surface area contributed by atoms with Crippen molar-refractivity contribution in [3.8, 4) is 17.1 Å². The Balaban J connectivity index is 1.83. The molecule has 0 spiro atoms. The van der Waals surface area contributed by atoms with Gasteiger partial charge in [0.2, 0.25) is 5.89 Å². The molecule has 6 heteroatoms. The molecule has 2 aromatic carbocycles. The summed E-state index contributed by atoms with van der Waals surface area (Å²) < 4.78 is 8.81. The van der Waals surface area contributed by atoms with Gasteiger partial charge in [-0.2, -0.15) is 0 Å². The van der Waals surface area contributed by atoms with E-state index >= 15 is 0 Å². The molecule has 0 saturated carbocycles. The summed E-state index contributed by atoms with van der Waals surface area (Å²) in [6, 6.07) is 13.9. The summed E-state index contributed by atoms with van der Waals surface area (Å²) in [4.78, 5) is 4.57. The van der Waals surface area contributed by atoms with Gasteiger partial charge in [0.25, 0.3) is 0 Å². The smallest absolute Gasteiger partial charge is 0.227 e. The lowest BCUT2D eigenvalue weighted by atomic mass is 10.2. The quantitative estimate of drug-likeness (QED) is 0.492. The first-order chi connectivity index (χ1) is 10.3. The Morgan fingerprint density at radius 2 is 1.86 bits per heavy atom. The molecule has 5 nitrogen and oxygen atoms in total. The van der Waals surface area contributed by atoms with Crippen LogP contribution in [0.1, 0.15) is 0 Å². The van der Waals surface area contributed by atoms with Crippen LogP contribution >= 0.6 is 22.6 Å². The molecule has 0 fully saturated rings. The van der Waals surface area contributed by atoms with Gasteiger partial charge in [-0.15, -0.1) is 10.2 Å². The van der Waals surface area contributed by atoms with Gasteiger partial charge in [-0.05, 0) is 59.0 Å². The third-order valence-corrected chi connectivity index (χ3v) is 3.83. The van der Waals surface area contributed by atoms with Gasteiger partial charge in [-0.1, -0.05) is 6.07 Å². The molecule has 102 valence electrons. The highest BCUT2D eigenvalue weighted by molar-refractivity contribution is 14.1. The van der Waals surface area contributed by atoms with E-state index in [0.717, 1.165) is 25.9 Å². The Labute approximate surface area is 133 Å². The molecule has 4 aromatic rings. The van der Waals surface area contributed by atoms with Crippen molar-refractivity contribution in [2.45, 2.75) is 0 Å². The molecule has 0 bridgehead atoms. The highest BCUT2D eigenvalue weighted by atomic mass is 127. The molecule has 0 radical (unpaired) electrons. The van der Waals surface area contributed by atoms with Crippen molar-refractivity contribution < 1.29 is 4.42 Å². The first kappa shape index (κ1) is 12.5. The Hall–Kier alpha value is -2.22. The molecular formula is C15H9IN4O. The van der Waals surface area contributed by atoms with Crippen molar-refractivity contribution in [2.24, 2.45) is 0 Å². The molecule has 0 aliphatic carbocycles. The molecule has 0 unspecified atom stereocenters. The first-order valence-corrected chi connectivity index (χ1v) is 7.39. The van der Waals surface area contributed by atoms with E-state index in [1.165, 1.54) is 0 Å². The van der Waals surface area contributed by atoms with Crippen molar-refractivity contribution in [1.82, 2.24) is 19.7 Å². The van der Waals surface area contributed by atoms with E-state index in [1.54, 1.807) is 12.7 Å². The summed E-state index contributed by atoms with van der Waals surface area (Å²) in [5.41, 5.74) is 3.51. The van der Waals surface area contributed by atoms with Gasteiger partial charge in [-0.3, -0.25) is 4.57 Å². The fourth-order valence-corrected chi connectivity index (χ4v) is 2.70. The number of aromatic nitrogens is 4. The maximum Gasteiger partial charge on any atom is 0.227 e. The average Bonchev–Trinajstić information content (AvgIpc) is 3.16. The summed E-state index contributed by atoms with van der Waals surface area (Å²) in [6.45, 7) is 0. The zero-order chi connectivity index (χ0) is 14.2. The van der Waals surface area contributed by atoms with E-state index in [0.29, 0.717) is 5.89 Å². The Kier molecular flexibility index (Phi) is 2.95. The first-order valence-electron chi connectivity index (χ1n) is 6.31. The van der Waals surface area contributed by atoms with Crippen LogP contribution in [0.5, 0.6) is 0 Å². The maximum absolute atomic E-state index is 5.83. The number of rotatable bonds is 2. The van der Waals surface area contributed by atoms with E-state index in [4.69, 9.17) is 4.42 Å².